The molecule has 2 aromatic carbocycles. The number of benzene rings is 2. The van der Waals surface area contributed by atoms with Gasteiger partial charge in [-0.15, -0.1) is 0 Å². The summed E-state index contributed by atoms with van der Waals surface area (Å²) in [6.07, 6.45) is 1.02. The minimum Gasteiger partial charge on any atom is -0.399 e. The van der Waals surface area contributed by atoms with Crippen molar-refractivity contribution in [3.63, 3.8) is 0 Å². The first-order chi connectivity index (χ1) is 7.70. The van der Waals surface area contributed by atoms with Crippen LogP contribution in [0.25, 0.3) is 11.1 Å². The van der Waals surface area contributed by atoms with Crippen molar-refractivity contribution in [3.05, 3.63) is 52.5 Å². The molecular formula is C14H14BrN. The van der Waals surface area contributed by atoms with E-state index in [1.807, 2.05) is 18.2 Å². The van der Waals surface area contributed by atoms with Crippen molar-refractivity contribution >= 4 is 21.6 Å². The van der Waals surface area contributed by atoms with Gasteiger partial charge in [0, 0.05) is 10.2 Å². The monoisotopic (exact) mass is 275 g/mol. The summed E-state index contributed by atoms with van der Waals surface area (Å²) < 4.78 is 1.12. The van der Waals surface area contributed by atoms with Crippen LogP contribution in [0.2, 0.25) is 0 Å². The van der Waals surface area contributed by atoms with E-state index in [0.29, 0.717) is 0 Å². The molecule has 1 nitrogen and oxygen atoms in total. The Morgan fingerprint density at radius 3 is 2.62 bits per heavy atom. The standard InChI is InChI=1S/C14H14BrN/c1-2-10-8-12(15)6-7-14(10)11-4-3-5-13(16)9-11/h3-9H,2,16H2,1H3. The van der Waals surface area contributed by atoms with Gasteiger partial charge in [0.2, 0.25) is 0 Å². The summed E-state index contributed by atoms with van der Waals surface area (Å²) in [5.41, 5.74) is 10.4. The van der Waals surface area contributed by atoms with Gasteiger partial charge in [0.25, 0.3) is 0 Å². The molecule has 0 heterocycles. The molecule has 2 aromatic rings. The number of aryl methyl sites for hydroxylation is 1. The lowest BCUT2D eigenvalue weighted by Gasteiger charge is -2.09. The fourth-order valence-electron chi connectivity index (χ4n) is 1.84. The van der Waals surface area contributed by atoms with E-state index in [0.717, 1.165) is 16.6 Å². The second kappa shape index (κ2) is 4.71. The molecule has 2 heteroatoms. The van der Waals surface area contributed by atoms with E-state index < -0.39 is 0 Å². The molecule has 0 aromatic heterocycles. The van der Waals surface area contributed by atoms with E-state index in [4.69, 9.17) is 5.73 Å². The highest BCUT2D eigenvalue weighted by atomic mass is 79.9. The molecule has 0 saturated heterocycles. The summed E-state index contributed by atoms with van der Waals surface area (Å²) >= 11 is 3.50. The molecule has 82 valence electrons. The van der Waals surface area contributed by atoms with Crippen molar-refractivity contribution in [1.29, 1.82) is 0 Å². The van der Waals surface area contributed by atoms with Gasteiger partial charge in [-0.1, -0.05) is 41.1 Å². The lowest BCUT2D eigenvalue weighted by Crippen LogP contribution is -1.90. The van der Waals surface area contributed by atoms with Gasteiger partial charge >= 0.3 is 0 Å². The Hall–Kier alpha value is -1.28. The summed E-state index contributed by atoms with van der Waals surface area (Å²) in [5, 5.41) is 0. The molecule has 2 rings (SSSR count). The van der Waals surface area contributed by atoms with Gasteiger partial charge in [0.15, 0.2) is 0 Å². The Balaban J connectivity index is 2.55. The highest BCUT2D eigenvalue weighted by Gasteiger charge is 2.04. The molecule has 0 saturated carbocycles. The minimum atomic E-state index is 0.808. The molecule has 0 atom stereocenters. The van der Waals surface area contributed by atoms with Crippen LogP contribution in [0.1, 0.15) is 12.5 Å². The van der Waals surface area contributed by atoms with Crippen LogP contribution in [0, 0.1) is 0 Å². The van der Waals surface area contributed by atoms with Crippen LogP contribution in [-0.4, -0.2) is 0 Å². The van der Waals surface area contributed by atoms with E-state index in [-0.39, 0.29) is 0 Å². The zero-order valence-electron chi connectivity index (χ0n) is 9.20. The molecule has 2 N–H and O–H groups in total. The van der Waals surface area contributed by atoms with Crippen molar-refractivity contribution in [2.45, 2.75) is 13.3 Å². The van der Waals surface area contributed by atoms with E-state index in [2.05, 4.69) is 47.1 Å². The maximum Gasteiger partial charge on any atom is 0.0320 e. The molecule has 0 bridgehead atoms. The summed E-state index contributed by atoms with van der Waals surface area (Å²) in [5.74, 6) is 0. The largest absolute Gasteiger partial charge is 0.399 e. The lowest BCUT2D eigenvalue weighted by molar-refractivity contribution is 1.14. The number of halogens is 1. The molecule has 0 aliphatic rings. The second-order valence-electron chi connectivity index (χ2n) is 3.78. The van der Waals surface area contributed by atoms with Gasteiger partial charge in [-0.3, -0.25) is 0 Å². The first-order valence-corrected chi connectivity index (χ1v) is 6.14. The Morgan fingerprint density at radius 1 is 1.12 bits per heavy atom. The SMILES string of the molecule is CCc1cc(Br)ccc1-c1cccc(N)c1. The number of nitrogen functional groups attached to an aromatic ring is 1. The number of hydrogen-bond donors (Lipinski definition) is 1. The molecule has 0 aliphatic heterocycles. The van der Waals surface area contributed by atoms with Crippen LogP contribution in [0.5, 0.6) is 0 Å². The molecule has 0 aliphatic carbocycles. The third kappa shape index (κ3) is 2.27. The van der Waals surface area contributed by atoms with Gasteiger partial charge < -0.3 is 5.73 Å². The summed E-state index contributed by atoms with van der Waals surface area (Å²) in [6, 6.07) is 14.4. The Kier molecular flexibility index (Phi) is 3.30. The highest BCUT2D eigenvalue weighted by molar-refractivity contribution is 9.10. The molecule has 0 spiro atoms. The van der Waals surface area contributed by atoms with Crippen molar-refractivity contribution < 1.29 is 0 Å². The Bertz CT molecular complexity index is 506. The van der Waals surface area contributed by atoms with Gasteiger partial charge in [-0.05, 0) is 47.4 Å². The second-order valence-corrected chi connectivity index (χ2v) is 4.70. The van der Waals surface area contributed by atoms with E-state index in [9.17, 15) is 0 Å². The maximum atomic E-state index is 5.81. The van der Waals surface area contributed by atoms with Crippen LogP contribution in [-0.2, 0) is 6.42 Å². The fraction of sp³-hybridized carbons (Fsp3) is 0.143. The zero-order chi connectivity index (χ0) is 11.5. The minimum absolute atomic E-state index is 0.808. The van der Waals surface area contributed by atoms with Crippen LogP contribution in [0.15, 0.2) is 46.9 Å². The van der Waals surface area contributed by atoms with Crippen LogP contribution >= 0.6 is 15.9 Å². The molecule has 0 radical (unpaired) electrons. The number of anilines is 1. The average Bonchev–Trinajstić information content (AvgIpc) is 2.28. The highest BCUT2D eigenvalue weighted by Crippen LogP contribution is 2.28. The third-order valence-corrected chi connectivity index (χ3v) is 3.14. The fourth-order valence-corrected chi connectivity index (χ4v) is 2.25. The normalized spacial score (nSPS) is 10.4. The first-order valence-electron chi connectivity index (χ1n) is 5.35. The summed E-state index contributed by atoms with van der Waals surface area (Å²) in [4.78, 5) is 0. The third-order valence-electron chi connectivity index (χ3n) is 2.65. The first kappa shape index (κ1) is 11.2. The molecule has 0 amide bonds. The predicted octanol–water partition coefficient (Wildman–Crippen LogP) is 4.26. The van der Waals surface area contributed by atoms with Gasteiger partial charge in [-0.2, -0.15) is 0 Å². The predicted molar refractivity (Wildman–Crippen MR) is 73.4 cm³/mol. The maximum absolute atomic E-state index is 5.81. The van der Waals surface area contributed by atoms with Crippen molar-refractivity contribution in [2.75, 3.05) is 5.73 Å². The average molecular weight is 276 g/mol. The summed E-state index contributed by atoms with van der Waals surface area (Å²) in [7, 11) is 0. The van der Waals surface area contributed by atoms with Crippen molar-refractivity contribution in [3.8, 4) is 11.1 Å². The van der Waals surface area contributed by atoms with Gasteiger partial charge in [0.1, 0.15) is 0 Å². The molecular weight excluding hydrogens is 262 g/mol. The Morgan fingerprint density at radius 2 is 1.94 bits per heavy atom. The molecule has 0 fully saturated rings. The van der Waals surface area contributed by atoms with Crippen LogP contribution < -0.4 is 5.73 Å². The smallest absolute Gasteiger partial charge is 0.0320 e. The van der Waals surface area contributed by atoms with E-state index >= 15 is 0 Å². The molecule has 0 unspecified atom stereocenters. The lowest BCUT2D eigenvalue weighted by atomic mass is 9.98. The van der Waals surface area contributed by atoms with Gasteiger partial charge in [-0.25, -0.2) is 0 Å². The van der Waals surface area contributed by atoms with Crippen LogP contribution in [0.4, 0.5) is 5.69 Å². The quantitative estimate of drug-likeness (QED) is 0.815. The van der Waals surface area contributed by atoms with E-state index in [1.165, 1.54) is 16.7 Å². The number of nitrogens with two attached hydrogens (primary N) is 1. The Labute approximate surface area is 104 Å². The van der Waals surface area contributed by atoms with E-state index in [1.54, 1.807) is 0 Å². The topological polar surface area (TPSA) is 26.0 Å². The van der Waals surface area contributed by atoms with Crippen molar-refractivity contribution in [1.82, 2.24) is 0 Å². The summed E-state index contributed by atoms with van der Waals surface area (Å²) in [6.45, 7) is 2.16. The van der Waals surface area contributed by atoms with Crippen molar-refractivity contribution in [2.24, 2.45) is 0 Å². The number of hydrogen-bond acceptors (Lipinski definition) is 1. The molecule has 16 heavy (non-hydrogen) atoms. The number of rotatable bonds is 2. The van der Waals surface area contributed by atoms with Crippen LogP contribution in [0.3, 0.4) is 0 Å². The zero-order valence-corrected chi connectivity index (χ0v) is 10.8. The van der Waals surface area contributed by atoms with Gasteiger partial charge in [0.05, 0.1) is 0 Å².